The summed E-state index contributed by atoms with van der Waals surface area (Å²) in [5.41, 5.74) is 1.21. The second kappa shape index (κ2) is 5.64. The van der Waals surface area contributed by atoms with Gasteiger partial charge in [0.05, 0.1) is 0 Å². The van der Waals surface area contributed by atoms with Crippen LogP contribution in [0.1, 0.15) is 30.3 Å². The van der Waals surface area contributed by atoms with E-state index < -0.39 is 0 Å². The Labute approximate surface area is 103 Å². The van der Waals surface area contributed by atoms with E-state index in [1.54, 1.807) is 0 Å². The summed E-state index contributed by atoms with van der Waals surface area (Å²) >= 11 is 4.22. The van der Waals surface area contributed by atoms with Gasteiger partial charge in [0, 0.05) is 30.8 Å². The average molecular weight is 237 g/mol. The van der Waals surface area contributed by atoms with Crippen LogP contribution in [0.2, 0.25) is 0 Å². The van der Waals surface area contributed by atoms with E-state index in [-0.39, 0.29) is 0 Å². The monoisotopic (exact) mass is 237 g/mol. The number of hydrogen-bond donors (Lipinski definition) is 1. The Morgan fingerprint density at radius 1 is 1.56 bits per heavy atom. The van der Waals surface area contributed by atoms with Gasteiger partial charge in [-0.1, -0.05) is 0 Å². The first-order valence-electron chi connectivity index (χ1n) is 5.91. The summed E-state index contributed by atoms with van der Waals surface area (Å²) in [7, 11) is 2.18. The van der Waals surface area contributed by atoms with Crippen molar-refractivity contribution < 1.29 is 0 Å². The van der Waals surface area contributed by atoms with Crippen LogP contribution in [0.5, 0.6) is 0 Å². The van der Waals surface area contributed by atoms with Gasteiger partial charge < -0.3 is 4.90 Å². The Balaban J connectivity index is 2.09. The van der Waals surface area contributed by atoms with Crippen LogP contribution >= 0.6 is 12.6 Å². The lowest BCUT2D eigenvalue weighted by Gasteiger charge is -2.29. The Bertz CT molecular complexity index is 343. The van der Waals surface area contributed by atoms with Crippen molar-refractivity contribution >= 4 is 12.6 Å². The first kappa shape index (κ1) is 11.9. The number of nitrogens with zero attached hydrogens (tertiary/aromatic N) is 3. The molecule has 1 atom stereocenters. The fourth-order valence-corrected chi connectivity index (χ4v) is 2.47. The Hall–Kier alpha value is -0.610. The molecule has 0 spiro atoms. The molecule has 1 aromatic rings. The summed E-state index contributed by atoms with van der Waals surface area (Å²) < 4.78 is 0. The van der Waals surface area contributed by atoms with E-state index >= 15 is 0 Å². The summed E-state index contributed by atoms with van der Waals surface area (Å²) in [4.78, 5) is 11.3. The Morgan fingerprint density at radius 2 is 2.44 bits per heavy atom. The number of hydrogen-bond acceptors (Lipinski definition) is 4. The molecule has 0 aliphatic carbocycles. The van der Waals surface area contributed by atoms with E-state index in [4.69, 9.17) is 0 Å². The zero-order valence-corrected chi connectivity index (χ0v) is 10.7. The van der Waals surface area contributed by atoms with Gasteiger partial charge in [0.25, 0.3) is 0 Å². The van der Waals surface area contributed by atoms with Crippen LogP contribution in [0.25, 0.3) is 0 Å². The van der Waals surface area contributed by atoms with Crippen LogP contribution in [0, 0.1) is 0 Å². The van der Waals surface area contributed by atoms with Crippen molar-refractivity contribution in [1.29, 1.82) is 0 Å². The molecule has 1 saturated heterocycles. The molecule has 0 bridgehead atoms. The largest absolute Gasteiger partial charge is 0.306 e. The molecule has 4 heteroatoms. The first-order valence-corrected chi connectivity index (χ1v) is 6.54. The van der Waals surface area contributed by atoms with Gasteiger partial charge in [-0.05, 0) is 38.3 Å². The van der Waals surface area contributed by atoms with Crippen molar-refractivity contribution in [1.82, 2.24) is 14.9 Å². The van der Waals surface area contributed by atoms with Crippen molar-refractivity contribution in [3.63, 3.8) is 0 Å². The normalized spacial score (nSPS) is 22.2. The number of aromatic nitrogens is 2. The third-order valence-electron chi connectivity index (χ3n) is 3.11. The Kier molecular flexibility index (Phi) is 4.18. The molecule has 1 fully saturated rings. The maximum Gasteiger partial charge on any atom is 0.129 e. The van der Waals surface area contributed by atoms with Gasteiger partial charge in [-0.3, -0.25) is 0 Å². The van der Waals surface area contributed by atoms with E-state index in [1.165, 1.54) is 25.1 Å². The topological polar surface area (TPSA) is 29.0 Å². The van der Waals surface area contributed by atoms with E-state index in [0.29, 0.717) is 5.92 Å². The summed E-state index contributed by atoms with van der Waals surface area (Å²) in [5, 5.41) is 0. The number of thiol groups is 1. The second-order valence-electron chi connectivity index (χ2n) is 4.47. The molecule has 1 aliphatic heterocycles. The molecule has 0 saturated carbocycles. The van der Waals surface area contributed by atoms with Gasteiger partial charge in [-0.2, -0.15) is 12.6 Å². The minimum atomic E-state index is 0.584. The van der Waals surface area contributed by atoms with Crippen molar-refractivity contribution in [2.45, 2.75) is 25.2 Å². The fraction of sp³-hybridized carbons (Fsp3) is 0.667. The molecule has 16 heavy (non-hydrogen) atoms. The van der Waals surface area contributed by atoms with Gasteiger partial charge in [-0.25, -0.2) is 9.97 Å². The summed E-state index contributed by atoms with van der Waals surface area (Å²) in [5.74, 6) is 2.33. The highest BCUT2D eigenvalue weighted by molar-refractivity contribution is 7.80. The predicted octanol–water partition coefficient (Wildman–Crippen LogP) is 1.76. The van der Waals surface area contributed by atoms with E-state index in [9.17, 15) is 0 Å². The molecule has 2 heterocycles. The van der Waals surface area contributed by atoms with Gasteiger partial charge in [0.2, 0.25) is 0 Å². The van der Waals surface area contributed by atoms with Crippen molar-refractivity contribution in [3.8, 4) is 0 Å². The molecule has 0 amide bonds. The molecule has 88 valence electrons. The van der Waals surface area contributed by atoms with Crippen molar-refractivity contribution in [2.24, 2.45) is 0 Å². The molecule has 2 rings (SSSR count). The fourth-order valence-electron chi connectivity index (χ4n) is 2.27. The van der Waals surface area contributed by atoms with Crippen LogP contribution in [0.15, 0.2) is 12.3 Å². The van der Waals surface area contributed by atoms with Gasteiger partial charge in [-0.15, -0.1) is 0 Å². The van der Waals surface area contributed by atoms with E-state index in [1.807, 2.05) is 6.20 Å². The zero-order chi connectivity index (χ0) is 11.4. The number of likely N-dealkylation sites (N-methyl/N-ethyl adjacent to an activating group) is 1. The number of aryl methyl sites for hydroxylation is 1. The van der Waals surface area contributed by atoms with Crippen LogP contribution in [0.4, 0.5) is 0 Å². The lowest BCUT2D eigenvalue weighted by Crippen LogP contribution is -2.31. The van der Waals surface area contributed by atoms with Crippen LogP contribution < -0.4 is 0 Å². The third kappa shape index (κ3) is 2.95. The van der Waals surface area contributed by atoms with Crippen LogP contribution in [-0.4, -0.2) is 40.8 Å². The predicted molar refractivity (Wildman–Crippen MR) is 69.1 cm³/mol. The van der Waals surface area contributed by atoms with Gasteiger partial charge >= 0.3 is 0 Å². The lowest BCUT2D eigenvalue weighted by molar-refractivity contribution is 0.248. The minimum Gasteiger partial charge on any atom is -0.306 e. The number of rotatable bonds is 3. The van der Waals surface area contributed by atoms with Crippen molar-refractivity contribution in [3.05, 3.63) is 23.8 Å². The molecule has 3 nitrogen and oxygen atoms in total. The van der Waals surface area contributed by atoms with Crippen LogP contribution in [0.3, 0.4) is 0 Å². The van der Waals surface area contributed by atoms with Gasteiger partial charge in [0.15, 0.2) is 0 Å². The highest BCUT2D eigenvalue weighted by atomic mass is 32.1. The first-order chi connectivity index (χ1) is 7.79. The molecular weight excluding hydrogens is 218 g/mol. The Morgan fingerprint density at radius 3 is 3.19 bits per heavy atom. The summed E-state index contributed by atoms with van der Waals surface area (Å²) in [6, 6.07) is 2.06. The van der Waals surface area contributed by atoms with Crippen LogP contribution in [-0.2, 0) is 6.42 Å². The molecule has 0 N–H and O–H groups in total. The summed E-state index contributed by atoms with van der Waals surface area (Å²) in [6.45, 7) is 2.34. The molecule has 1 unspecified atom stereocenters. The molecule has 1 aromatic heterocycles. The van der Waals surface area contributed by atoms with Gasteiger partial charge in [0.1, 0.15) is 5.82 Å². The average Bonchev–Trinajstić information content (AvgIpc) is 2.30. The minimum absolute atomic E-state index is 0.584. The summed E-state index contributed by atoms with van der Waals surface area (Å²) in [6.07, 6.45) is 5.27. The third-order valence-corrected chi connectivity index (χ3v) is 3.33. The highest BCUT2D eigenvalue weighted by Crippen LogP contribution is 2.24. The molecule has 0 radical (unpaired) electrons. The number of likely N-dealkylation sites (tertiary alicyclic amines) is 1. The lowest BCUT2D eigenvalue weighted by atomic mass is 9.95. The maximum absolute atomic E-state index is 4.63. The number of piperidine rings is 1. The quantitative estimate of drug-likeness (QED) is 0.812. The molecule has 1 aliphatic rings. The van der Waals surface area contributed by atoms with E-state index in [0.717, 1.165) is 24.5 Å². The molecule has 0 aromatic carbocycles. The van der Waals surface area contributed by atoms with Crippen molar-refractivity contribution in [2.75, 3.05) is 25.9 Å². The zero-order valence-electron chi connectivity index (χ0n) is 9.76. The molecular formula is C12H19N3S. The standard InChI is InChI=1S/C12H19N3S/c1-15-7-2-3-10(9-15)11-4-6-13-12(14-11)5-8-16/h4,6,10,16H,2-3,5,7-9H2,1H3. The highest BCUT2D eigenvalue weighted by Gasteiger charge is 2.20. The SMILES string of the molecule is CN1CCCC(c2ccnc(CCS)n2)C1. The maximum atomic E-state index is 4.63. The smallest absolute Gasteiger partial charge is 0.129 e. The van der Waals surface area contributed by atoms with E-state index in [2.05, 4.69) is 40.6 Å². The second-order valence-corrected chi connectivity index (χ2v) is 4.92.